The van der Waals surface area contributed by atoms with E-state index in [1.165, 1.54) is 36.8 Å². The number of aliphatic imine (C=N–C) groups is 1. The van der Waals surface area contributed by atoms with Crippen LogP contribution in [0.2, 0.25) is 0 Å². The van der Waals surface area contributed by atoms with Crippen LogP contribution in [0.4, 0.5) is 0 Å². The van der Waals surface area contributed by atoms with E-state index < -0.39 is 0 Å². The van der Waals surface area contributed by atoms with Gasteiger partial charge in [-0.1, -0.05) is 13.0 Å². The Morgan fingerprint density at radius 1 is 1.00 bits per heavy atom. The van der Waals surface area contributed by atoms with Crippen LogP contribution in [0, 0.1) is 17.3 Å². The first-order valence-corrected chi connectivity index (χ1v) is 13.1. The first-order chi connectivity index (χ1) is 15.8. The van der Waals surface area contributed by atoms with Gasteiger partial charge in [-0.2, -0.15) is 0 Å². The Kier molecular flexibility index (Phi) is 4.11. The summed E-state index contributed by atoms with van der Waals surface area (Å²) in [5.41, 5.74) is 4.37. The number of hydrogen-bond acceptors (Lipinski definition) is 5. The lowest BCUT2D eigenvalue weighted by molar-refractivity contribution is -0.134. The minimum absolute atomic E-state index is 0.0622. The van der Waals surface area contributed by atoms with Gasteiger partial charge in [-0.05, 0) is 106 Å². The van der Waals surface area contributed by atoms with Gasteiger partial charge in [0.1, 0.15) is 18.0 Å². The lowest BCUT2D eigenvalue weighted by atomic mass is 9.53. The quantitative estimate of drug-likeness (QED) is 0.339. The van der Waals surface area contributed by atoms with Crippen molar-refractivity contribution in [3.63, 3.8) is 0 Å². The zero-order valence-electron chi connectivity index (χ0n) is 20.1. The number of ether oxygens (including phenoxy) is 3. The van der Waals surface area contributed by atoms with Gasteiger partial charge in [0.2, 0.25) is 5.90 Å². The molecule has 1 spiro atoms. The molecule has 33 heavy (non-hydrogen) atoms. The van der Waals surface area contributed by atoms with E-state index in [-0.39, 0.29) is 28.6 Å². The van der Waals surface area contributed by atoms with Gasteiger partial charge in [0.15, 0.2) is 6.10 Å². The lowest BCUT2D eigenvalue weighted by Gasteiger charge is -2.50. The predicted molar refractivity (Wildman–Crippen MR) is 125 cm³/mol. The molecule has 7 rings (SSSR count). The molecule has 1 aromatic rings. The molecule has 6 atom stereocenters. The van der Waals surface area contributed by atoms with Crippen LogP contribution in [-0.2, 0) is 27.1 Å². The summed E-state index contributed by atoms with van der Waals surface area (Å²) in [6, 6.07) is 4.37. The third kappa shape index (κ3) is 2.75. The second-order valence-corrected chi connectivity index (χ2v) is 12.3. The summed E-state index contributed by atoms with van der Waals surface area (Å²) in [5.74, 6) is 3.64. The van der Waals surface area contributed by atoms with Crippen molar-refractivity contribution in [1.29, 1.82) is 0 Å². The summed E-state index contributed by atoms with van der Waals surface area (Å²) < 4.78 is 18.3. The molecule has 0 N–H and O–H groups in total. The monoisotopic (exact) mass is 449 g/mol. The number of esters is 1. The van der Waals surface area contributed by atoms with Crippen LogP contribution in [0.3, 0.4) is 0 Å². The fourth-order valence-corrected chi connectivity index (χ4v) is 8.50. The Balaban J connectivity index is 1.18. The van der Waals surface area contributed by atoms with Gasteiger partial charge >= 0.3 is 5.97 Å². The van der Waals surface area contributed by atoms with E-state index in [2.05, 4.69) is 32.9 Å². The van der Waals surface area contributed by atoms with Crippen LogP contribution in [0.25, 0.3) is 0 Å². The maximum absolute atomic E-state index is 12.0. The number of carbonyl (C=O) groups excluding carboxylic acids is 1. The largest absolute Gasteiger partial charge is 0.476 e. The maximum Gasteiger partial charge on any atom is 0.311 e. The number of rotatable bonds is 1. The van der Waals surface area contributed by atoms with Gasteiger partial charge < -0.3 is 14.2 Å². The van der Waals surface area contributed by atoms with Gasteiger partial charge in [0.05, 0.1) is 5.54 Å². The summed E-state index contributed by atoms with van der Waals surface area (Å²) in [7, 11) is 0. The molecule has 176 valence electrons. The molecule has 3 aliphatic carbocycles. The Morgan fingerprint density at radius 2 is 1.88 bits per heavy atom. The molecule has 3 fully saturated rings. The summed E-state index contributed by atoms with van der Waals surface area (Å²) in [6.07, 6.45) is 9.65. The lowest BCUT2D eigenvalue weighted by Crippen LogP contribution is -2.47. The van der Waals surface area contributed by atoms with Crippen LogP contribution in [0.15, 0.2) is 17.1 Å². The second kappa shape index (κ2) is 6.62. The minimum atomic E-state index is -0.127. The number of carbonyl (C=O) groups is 1. The number of fused-ring (bicyclic) bond motifs is 8. The summed E-state index contributed by atoms with van der Waals surface area (Å²) in [5, 5.41) is 0. The van der Waals surface area contributed by atoms with Crippen LogP contribution in [0.5, 0.6) is 5.75 Å². The molecule has 0 amide bonds. The van der Waals surface area contributed by atoms with Gasteiger partial charge in [0, 0.05) is 11.8 Å². The molecule has 0 radical (unpaired) electrons. The molecule has 0 aromatic heterocycles. The minimum Gasteiger partial charge on any atom is -0.476 e. The molecular formula is C28H35NO4. The van der Waals surface area contributed by atoms with Crippen molar-refractivity contribution in [3.8, 4) is 5.75 Å². The highest BCUT2D eigenvalue weighted by Gasteiger charge is 2.76. The standard InChI is InChI=1S/C28H35NO4/c1-26(2)15-31-25(29-26)24-28(33-24)14-12-21-19-8-7-17-16(18(19)11-13-27(21,28)3)9-10-22-20(17)5-4-6-23(30)32-22/h9-10,18-19,21,24H,4-8,11-15H2,1-3H3/t18-,19-,21+,24?,27+,28?/m1/s1. The highest BCUT2D eigenvalue weighted by molar-refractivity contribution is 5.87. The number of epoxide rings is 1. The van der Waals surface area contributed by atoms with Crippen LogP contribution < -0.4 is 4.74 Å². The van der Waals surface area contributed by atoms with Crippen molar-refractivity contribution < 1.29 is 19.0 Å². The normalized spacial score (nSPS) is 42.3. The summed E-state index contributed by atoms with van der Waals surface area (Å²) in [6.45, 7) is 7.45. The highest BCUT2D eigenvalue weighted by atomic mass is 16.6. The van der Waals surface area contributed by atoms with Crippen molar-refractivity contribution in [3.05, 3.63) is 28.8 Å². The van der Waals surface area contributed by atoms with E-state index in [4.69, 9.17) is 19.2 Å². The Bertz CT molecular complexity index is 1080. The van der Waals surface area contributed by atoms with E-state index in [9.17, 15) is 4.79 Å². The fourth-order valence-electron chi connectivity index (χ4n) is 8.50. The molecule has 5 nitrogen and oxygen atoms in total. The van der Waals surface area contributed by atoms with Crippen molar-refractivity contribution in [2.45, 2.75) is 102 Å². The van der Waals surface area contributed by atoms with E-state index in [1.54, 1.807) is 5.56 Å². The van der Waals surface area contributed by atoms with Crippen LogP contribution in [-0.4, -0.2) is 35.7 Å². The zero-order chi connectivity index (χ0) is 22.6. The van der Waals surface area contributed by atoms with Crippen molar-refractivity contribution >= 4 is 11.9 Å². The number of benzene rings is 1. The van der Waals surface area contributed by atoms with E-state index in [0.29, 0.717) is 24.9 Å². The molecule has 3 heterocycles. The number of nitrogens with zero attached hydrogens (tertiary/aromatic N) is 1. The highest BCUT2D eigenvalue weighted by Crippen LogP contribution is 2.71. The molecule has 1 aromatic carbocycles. The van der Waals surface area contributed by atoms with E-state index in [0.717, 1.165) is 43.2 Å². The van der Waals surface area contributed by atoms with Crippen molar-refractivity contribution in [2.24, 2.45) is 22.2 Å². The second-order valence-electron chi connectivity index (χ2n) is 12.3. The molecule has 0 bridgehead atoms. The molecule has 2 saturated carbocycles. The molecular weight excluding hydrogens is 414 g/mol. The zero-order valence-corrected chi connectivity index (χ0v) is 20.1. The third-order valence-corrected chi connectivity index (χ3v) is 10.1. The number of hydrogen-bond donors (Lipinski definition) is 0. The first kappa shape index (κ1) is 20.5. The topological polar surface area (TPSA) is 60.4 Å². The van der Waals surface area contributed by atoms with E-state index in [1.807, 2.05) is 0 Å². The third-order valence-electron chi connectivity index (χ3n) is 10.1. The molecule has 1 saturated heterocycles. The summed E-state index contributed by atoms with van der Waals surface area (Å²) >= 11 is 0. The smallest absolute Gasteiger partial charge is 0.311 e. The van der Waals surface area contributed by atoms with Crippen molar-refractivity contribution in [2.75, 3.05) is 6.61 Å². The average Bonchev–Trinajstić information content (AvgIpc) is 3.37. The maximum atomic E-state index is 12.0. The van der Waals surface area contributed by atoms with Crippen LogP contribution in [0.1, 0.15) is 88.3 Å². The summed E-state index contributed by atoms with van der Waals surface area (Å²) in [4.78, 5) is 16.8. The van der Waals surface area contributed by atoms with Crippen molar-refractivity contribution in [1.82, 2.24) is 0 Å². The SMILES string of the molecule is CC1(C)COC(C2OC23CC[C@H]2[C@@H]4CCc5c(ccc6c5CCCC(=O)O6)[C@H]4CC[C@@]23C)=N1. The molecule has 6 aliphatic rings. The Hall–Kier alpha value is -1.88. The van der Waals surface area contributed by atoms with Gasteiger partial charge in [-0.15, -0.1) is 0 Å². The first-order valence-electron chi connectivity index (χ1n) is 13.1. The van der Waals surface area contributed by atoms with Gasteiger partial charge in [-0.25, -0.2) is 4.99 Å². The molecule has 5 heteroatoms. The molecule has 2 unspecified atom stereocenters. The fraction of sp³-hybridized carbons (Fsp3) is 0.714. The predicted octanol–water partition coefficient (Wildman–Crippen LogP) is 5.13. The average molecular weight is 450 g/mol. The van der Waals surface area contributed by atoms with Gasteiger partial charge in [-0.3, -0.25) is 4.79 Å². The molecule has 3 aliphatic heterocycles. The Labute approximate surface area is 196 Å². The van der Waals surface area contributed by atoms with Gasteiger partial charge in [0.25, 0.3) is 0 Å². The van der Waals surface area contributed by atoms with Crippen LogP contribution >= 0.6 is 0 Å². The van der Waals surface area contributed by atoms with E-state index >= 15 is 0 Å². The Morgan fingerprint density at radius 3 is 2.70 bits per heavy atom.